The Balaban J connectivity index is 1.65. The highest BCUT2D eigenvalue weighted by molar-refractivity contribution is 6.33. The zero-order valence-corrected chi connectivity index (χ0v) is 16.9. The standard InChI is InChI=1S/C18H13ClF4N8O/c1-9-13(20)2-3-14(28-9)30-15(18(21,22)23)11(8-27-30)17(32)29-10-6-12(19)16(24-7-10)31-25-4-5-26-31/h2-6,8,24H,7H2,1H3,(H,29,32). The summed E-state index contributed by atoms with van der Waals surface area (Å²) in [5.41, 5.74) is -1.98. The SMILES string of the molecule is Cc1nc(-n2ncc(C(=O)NC3=CC(Cl)=C(n4nccn4)NC3)c2C(F)(F)F)ccc1F. The van der Waals surface area contributed by atoms with Gasteiger partial charge in [0, 0.05) is 5.70 Å². The van der Waals surface area contributed by atoms with E-state index in [4.69, 9.17) is 11.6 Å². The molecule has 0 spiro atoms. The Labute approximate surface area is 182 Å². The number of carbonyl (C=O) groups is 1. The van der Waals surface area contributed by atoms with Crippen molar-refractivity contribution in [3.63, 3.8) is 0 Å². The second-order valence-corrected chi connectivity index (χ2v) is 6.95. The number of hydrogen-bond donors (Lipinski definition) is 2. The van der Waals surface area contributed by atoms with Crippen molar-refractivity contribution in [2.24, 2.45) is 0 Å². The number of rotatable bonds is 4. The molecule has 0 atom stereocenters. The second-order valence-electron chi connectivity index (χ2n) is 6.55. The normalized spacial score (nSPS) is 14.2. The number of aromatic nitrogens is 6. The van der Waals surface area contributed by atoms with Crippen molar-refractivity contribution in [3.8, 4) is 5.82 Å². The van der Waals surface area contributed by atoms with Crippen molar-refractivity contribution in [3.05, 3.63) is 70.3 Å². The summed E-state index contributed by atoms with van der Waals surface area (Å²) in [7, 11) is 0. The van der Waals surface area contributed by atoms with Gasteiger partial charge < -0.3 is 10.6 Å². The summed E-state index contributed by atoms with van der Waals surface area (Å²) in [6.45, 7) is 1.35. The van der Waals surface area contributed by atoms with Crippen molar-refractivity contribution >= 4 is 23.3 Å². The van der Waals surface area contributed by atoms with E-state index >= 15 is 0 Å². The van der Waals surface area contributed by atoms with Gasteiger partial charge in [0.25, 0.3) is 5.91 Å². The van der Waals surface area contributed by atoms with Crippen molar-refractivity contribution in [1.82, 2.24) is 40.4 Å². The molecule has 3 aromatic rings. The molecule has 0 fully saturated rings. The molecule has 14 heteroatoms. The van der Waals surface area contributed by atoms with Gasteiger partial charge >= 0.3 is 6.18 Å². The minimum Gasteiger partial charge on any atom is -0.362 e. The van der Waals surface area contributed by atoms with E-state index in [1.807, 2.05) is 0 Å². The molecule has 1 amide bonds. The Morgan fingerprint density at radius 2 is 1.94 bits per heavy atom. The molecule has 1 aliphatic heterocycles. The van der Waals surface area contributed by atoms with Crippen LogP contribution in [0.3, 0.4) is 0 Å². The topological polar surface area (TPSA) is 103 Å². The van der Waals surface area contributed by atoms with Crippen molar-refractivity contribution in [2.45, 2.75) is 13.1 Å². The van der Waals surface area contributed by atoms with E-state index in [9.17, 15) is 22.4 Å². The molecule has 9 nitrogen and oxygen atoms in total. The molecule has 4 heterocycles. The third-order valence-corrected chi connectivity index (χ3v) is 4.66. The highest BCUT2D eigenvalue weighted by Gasteiger charge is 2.41. The van der Waals surface area contributed by atoms with Crippen LogP contribution < -0.4 is 10.6 Å². The number of aryl methyl sites for hydroxylation is 1. The van der Waals surface area contributed by atoms with Gasteiger partial charge in [-0.05, 0) is 25.1 Å². The van der Waals surface area contributed by atoms with Crippen LogP contribution in [0.15, 0.2) is 47.5 Å². The number of amides is 1. The number of hydrogen-bond acceptors (Lipinski definition) is 6. The van der Waals surface area contributed by atoms with Gasteiger partial charge in [-0.1, -0.05) is 11.6 Å². The van der Waals surface area contributed by atoms with Gasteiger partial charge in [-0.3, -0.25) is 4.79 Å². The first kappa shape index (κ1) is 21.5. The lowest BCUT2D eigenvalue weighted by molar-refractivity contribution is -0.143. The van der Waals surface area contributed by atoms with Gasteiger partial charge in [0.2, 0.25) is 0 Å². The number of carbonyl (C=O) groups excluding carboxylic acids is 1. The van der Waals surface area contributed by atoms with Crippen LogP contribution in [-0.2, 0) is 6.18 Å². The minimum atomic E-state index is -4.94. The summed E-state index contributed by atoms with van der Waals surface area (Å²) in [6, 6.07) is 2.01. The maximum atomic E-state index is 13.8. The highest BCUT2D eigenvalue weighted by atomic mass is 35.5. The van der Waals surface area contributed by atoms with Crippen LogP contribution in [-0.4, -0.2) is 42.2 Å². The molecule has 0 saturated carbocycles. The van der Waals surface area contributed by atoms with E-state index in [1.54, 1.807) is 0 Å². The van der Waals surface area contributed by atoms with E-state index in [0.29, 0.717) is 10.5 Å². The zero-order valence-electron chi connectivity index (χ0n) is 16.2. The van der Waals surface area contributed by atoms with Gasteiger partial charge in [-0.15, -0.1) is 4.80 Å². The van der Waals surface area contributed by atoms with Crippen LogP contribution in [0, 0.1) is 12.7 Å². The Hall–Kier alpha value is -3.74. The molecule has 0 aliphatic carbocycles. The quantitative estimate of drug-likeness (QED) is 0.571. The summed E-state index contributed by atoms with van der Waals surface area (Å²) >= 11 is 6.17. The first-order chi connectivity index (χ1) is 15.1. The molecule has 32 heavy (non-hydrogen) atoms. The number of nitrogens with zero attached hydrogens (tertiary/aromatic N) is 6. The Morgan fingerprint density at radius 1 is 1.22 bits per heavy atom. The van der Waals surface area contributed by atoms with E-state index in [0.717, 1.165) is 18.3 Å². The van der Waals surface area contributed by atoms with E-state index in [-0.39, 0.29) is 28.8 Å². The fourth-order valence-electron chi connectivity index (χ4n) is 2.94. The monoisotopic (exact) mass is 468 g/mol. The first-order valence-corrected chi connectivity index (χ1v) is 9.34. The van der Waals surface area contributed by atoms with Gasteiger partial charge in [-0.2, -0.15) is 28.5 Å². The maximum Gasteiger partial charge on any atom is 0.434 e. The average molecular weight is 469 g/mol. The van der Waals surface area contributed by atoms with Crippen LogP contribution in [0.25, 0.3) is 11.6 Å². The summed E-state index contributed by atoms with van der Waals surface area (Å²) in [5, 5.41) is 16.9. The Bertz CT molecular complexity index is 1250. The third kappa shape index (κ3) is 4.06. The van der Waals surface area contributed by atoms with Gasteiger partial charge in [0.1, 0.15) is 5.82 Å². The number of halogens is 5. The molecular weight excluding hydrogens is 456 g/mol. The van der Waals surface area contributed by atoms with Crippen LogP contribution in [0.1, 0.15) is 21.7 Å². The first-order valence-electron chi connectivity index (χ1n) is 8.96. The predicted octanol–water partition coefficient (Wildman–Crippen LogP) is 2.61. The number of nitrogens with one attached hydrogen (secondary N) is 2. The van der Waals surface area contributed by atoms with E-state index in [1.165, 1.54) is 30.2 Å². The number of alkyl halides is 3. The molecule has 3 aromatic heterocycles. The molecule has 0 aromatic carbocycles. The van der Waals surface area contributed by atoms with Crippen LogP contribution >= 0.6 is 11.6 Å². The van der Waals surface area contributed by atoms with E-state index in [2.05, 4.69) is 30.9 Å². The summed E-state index contributed by atoms with van der Waals surface area (Å²) in [6.07, 6.45) is 0.0766. The van der Waals surface area contributed by atoms with Crippen LogP contribution in [0.2, 0.25) is 0 Å². The van der Waals surface area contributed by atoms with Crippen LogP contribution in [0.4, 0.5) is 17.6 Å². The minimum absolute atomic E-state index is 0.0486. The number of dihydropyridines is 1. The van der Waals surface area contributed by atoms with Crippen molar-refractivity contribution < 1.29 is 22.4 Å². The second kappa shape index (κ2) is 8.07. The Morgan fingerprint density at radius 3 is 2.56 bits per heavy atom. The fourth-order valence-corrected chi connectivity index (χ4v) is 3.21. The highest BCUT2D eigenvalue weighted by Crippen LogP contribution is 2.33. The van der Waals surface area contributed by atoms with Crippen LogP contribution in [0.5, 0.6) is 0 Å². The molecule has 0 saturated heterocycles. The zero-order chi connectivity index (χ0) is 23.0. The van der Waals surface area contributed by atoms with Gasteiger partial charge in [0.15, 0.2) is 17.3 Å². The van der Waals surface area contributed by atoms with Gasteiger partial charge in [0.05, 0.1) is 41.4 Å². The van der Waals surface area contributed by atoms with E-state index < -0.39 is 29.2 Å². The number of pyridine rings is 1. The molecule has 4 rings (SSSR count). The average Bonchev–Trinajstić information content (AvgIpc) is 3.40. The summed E-state index contributed by atoms with van der Waals surface area (Å²) < 4.78 is 55.3. The molecule has 1 aliphatic rings. The lowest BCUT2D eigenvalue weighted by atomic mass is 10.2. The molecule has 2 N–H and O–H groups in total. The molecular formula is C18H13ClF4N8O. The lowest BCUT2D eigenvalue weighted by Gasteiger charge is -2.19. The number of allylic oxidation sites excluding steroid dienone is 2. The smallest absolute Gasteiger partial charge is 0.362 e. The largest absolute Gasteiger partial charge is 0.434 e. The summed E-state index contributed by atoms with van der Waals surface area (Å²) in [4.78, 5) is 17.7. The van der Waals surface area contributed by atoms with Gasteiger partial charge in [-0.25, -0.2) is 14.1 Å². The molecule has 0 bridgehead atoms. The lowest BCUT2D eigenvalue weighted by Crippen LogP contribution is -2.34. The molecule has 166 valence electrons. The van der Waals surface area contributed by atoms with Crippen molar-refractivity contribution in [2.75, 3.05) is 6.54 Å². The molecule has 0 radical (unpaired) electrons. The molecule has 0 unspecified atom stereocenters. The Kier molecular flexibility index (Phi) is 5.42. The van der Waals surface area contributed by atoms with Crippen molar-refractivity contribution in [1.29, 1.82) is 0 Å². The fraction of sp³-hybridized carbons (Fsp3) is 0.167. The summed E-state index contributed by atoms with van der Waals surface area (Å²) in [5.74, 6) is -1.67. The maximum absolute atomic E-state index is 13.8. The third-order valence-electron chi connectivity index (χ3n) is 4.37. The predicted molar refractivity (Wildman–Crippen MR) is 104 cm³/mol.